The highest BCUT2D eigenvalue weighted by Crippen LogP contribution is 2.15. The summed E-state index contributed by atoms with van der Waals surface area (Å²) in [5.41, 5.74) is 1.45. The number of hydrogen-bond donors (Lipinski definition) is 1. The van der Waals surface area contributed by atoms with Crippen molar-refractivity contribution in [2.24, 2.45) is 5.92 Å². The number of rotatable bonds is 10. The van der Waals surface area contributed by atoms with Crippen molar-refractivity contribution >= 4 is 11.9 Å². The van der Waals surface area contributed by atoms with Crippen LogP contribution in [-0.4, -0.2) is 38.2 Å². The van der Waals surface area contributed by atoms with Crippen LogP contribution in [0.3, 0.4) is 0 Å². The second-order valence-corrected chi connectivity index (χ2v) is 7.17. The van der Waals surface area contributed by atoms with Gasteiger partial charge in [0.25, 0.3) is 5.91 Å². The van der Waals surface area contributed by atoms with E-state index in [1.54, 1.807) is 38.3 Å². The molecule has 156 valence electrons. The second kappa shape index (κ2) is 11.1. The van der Waals surface area contributed by atoms with Crippen LogP contribution in [-0.2, 0) is 16.0 Å². The van der Waals surface area contributed by atoms with Crippen LogP contribution in [0, 0.1) is 5.92 Å². The van der Waals surface area contributed by atoms with Gasteiger partial charge in [-0.15, -0.1) is 0 Å². The van der Waals surface area contributed by atoms with E-state index < -0.39 is 12.1 Å². The molecule has 1 N–H and O–H groups in total. The molecule has 1 atom stereocenters. The Labute approximate surface area is 172 Å². The van der Waals surface area contributed by atoms with Crippen molar-refractivity contribution in [2.75, 3.05) is 20.3 Å². The third kappa shape index (κ3) is 7.49. The summed E-state index contributed by atoms with van der Waals surface area (Å²) in [6.45, 7) is 6.75. The molecule has 0 radical (unpaired) electrons. The van der Waals surface area contributed by atoms with E-state index in [2.05, 4.69) is 19.2 Å². The molecule has 6 nitrogen and oxygen atoms in total. The van der Waals surface area contributed by atoms with Crippen LogP contribution < -0.4 is 14.8 Å². The lowest BCUT2D eigenvalue weighted by atomic mass is 10.1. The molecule has 6 heteroatoms. The quantitative estimate of drug-likeness (QED) is 0.618. The molecule has 2 rings (SSSR count). The number of nitrogens with one attached hydrogen (secondary N) is 1. The molecule has 0 aliphatic carbocycles. The van der Waals surface area contributed by atoms with Gasteiger partial charge >= 0.3 is 5.97 Å². The van der Waals surface area contributed by atoms with E-state index in [9.17, 15) is 9.59 Å². The standard InChI is InChI=1S/C23H29NO5/c1-16(2)15-28-21-11-7-19(8-12-21)23(26)29-17(3)22(25)24-14-13-18-5-9-20(27-4)10-6-18/h5-12,16-17H,13-15H2,1-4H3,(H,24,25)/t17-/m1/s1. The molecule has 0 aliphatic rings. The van der Waals surface area contributed by atoms with E-state index in [-0.39, 0.29) is 5.91 Å². The first-order valence-electron chi connectivity index (χ1n) is 9.73. The van der Waals surface area contributed by atoms with Crippen LogP contribution in [0.5, 0.6) is 11.5 Å². The van der Waals surface area contributed by atoms with Crippen molar-refractivity contribution < 1.29 is 23.8 Å². The minimum Gasteiger partial charge on any atom is -0.497 e. The van der Waals surface area contributed by atoms with Crippen molar-refractivity contribution in [1.29, 1.82) is 0 Å². The van der Waals surface area contributed by atoms with Gasteiger partial charge < -0.3 is 19.5 Å². The normalized spacial score (nSPS) is 11.6. The maximum Gasteiger partial charge on any atom is 0.338 e. The monoisotopic (exact) mass is 399 g/mol. The second-order valence-electron chi connectivity index (χ2n) is 7.17. The molecule has 0 spiro atoms. The molecule has 0 unspecified atom stereocenters. The fourth-order valence-corrected chi connectivity index (χ4v) is 2.50. The SMILES string of the molecule is COc1ccc(CCNC(=O)[C@@H](C)OC(=O)c2ccc(OCC(C)C)cc2)cc1. The summed E-state index contributed by atoms with van der Waals surface area (Å²) in [5.74, 6) is 1.03. The number of benzene rings is 2. The zero-order chi connectivity index (χ0) is 21.2. The Morgan fingerprint density at radius 1 is 0.931 bits per heavy atom. The van der Waals surface area contributed by atoms with Crippen LogP contribution in [0.15, 0.2) is 48.5 Å². The highest BCUT2D eigenvalue weighted by atomic mass is 16.5. The molecule has 0 fully saturated rings. The first-order chi connectivity index (χ1) is 13.9. The van der Waals surface area contributed by atoms with Crippen LogP contribution in [0.1, 0.15) is 36.7 Å². The van der Waals surface area contributed by atoms with Crippen molar-refractivity contribution in [1.82, 2.24) is 5.32 Å². The molecule has 2 aromatic rings. The van der Waals surface area contributed by atoms with E-state index >= 15 is 0 Å². The minimum absolute atomic E-state index is 0.330. The molecule has 2 aromatic carbocycles. The van der Waals surface area contributed by atoms with Gasteiger partial charge in [0.15, 0.2) is 6.10 Å². The third-order valence-electron chi connectivity index (χ3n) is 4.20. The predicted molar refractivity (Wildman–Crippen MR) is 111 cm³/mol. The van der Waals surface area contributed by atoms with E-state index in [1.165, 1.54) is 0 Å². The molecule has 0 aromatic heterocycles. The van der Waals surface area contributed by atoms with E-state index in [4.69, 9.17) is 14.2 Å². The fourth-order valence-electron chi connectivity index (χ4n) is 2.50. The van der Waals surface area contributed by atoms with Crippen LogP contribution >= 0.6 is 0 Å². The predicted octanol–water partition coefficient (Wildman–Crippen LogP) is 3.63. The van der Waals surface area contributed by atoms with Gasteiger partial charge in [0.05, 0.1) is 19.3 Å². The van der Waals surface area contributed by atoms with Crippen molar-refractivity contribution in [3.63, 3.8) is 0 Å². The number of ether oxygens (including phenoxy) is 3. The van der Waals surface area contributed by atoms with Gasteiger partial charge in [-0.3, -0.25) is 4.79 Å². The molecule has 0 heterocycles. The topological polar surface area (TPSA) is 73.9 Å². The molecule has 29 heavy (non-hydrogen) atoms. The van der Waals surface area contributed by atoms with Gasteiger partial charge in [-0.05, 0) is 61.2 Å². The maximum atomic E-state index is 12.2. The summed E-state index contributed by atoms with van der Waals surface area (Å²) < 4.78 is 16.0. The van der Waals surface area contributed by atoms with Crippen LogP contribution in [0.4, 0.5) is 0 Å². The molecule has 0 saturated heterocycles. The molecular weight excluding hydrogens is 370 g/mol. The Hall–Kier alpha value is -3.02. The molecule has 0 aliphatic heterocycles. The summed E-state index contributed by atoms with van der Waals surface area (Å²) in [6, 6.07) is 14.4. The average molecular weight is 399 g/mol. The summed E-state index contributed by atoms with van der Waals surface area (Å²) in [5, 5.41) is 2.79. The van der Waals surface area contributed by atoms with Gasteiger partial charge in [0.2, 0.25) is 0 Å². The molecule has 0 bridgehead atoms. The highest BCUT2D eigenvalue weighted by molar-refractivity contribution is 5.92. The zero-order valence-corrected chi connectivity index (χ0v) is 17.4. The first-order valence-corrected chi connectivity index (χ1v) is 9.73. The van der Waals surface area contributed by atoms with E-state index in [0.717, 1.165) is 11.3 Å². The number of methoxy groups -OCH3 is 1. The summed E-state index contributed by atoms with van der Waals surface area (Å²) in [4.78, 5) is 24.4. The molecule has 0 saturated carbocycles. The number of carbonyl (C=O) groups excluding carboxylic acids is 2. The van der Waals surface area contributed by atoms with Crippen LogP contribution in [0.25, 0.3) is 0 Å². The summed E-state index contributed by atoms with van der Waals surface area (Å²) in [7, 11) is 1.62. The van der Waals surface area contributed by atoms with Crippen molar-refractivity contribution in [3.8, 4) is 11.5 Å². The lowest BCUT2D eigenvalue weighted by molar-refractivity contribution is -0.129. The van der Waals surface area contributed by atoms with Crippen molar-refractivity contribution in [2.45, 2.75) is 33.3 Å². The Bertz CT molecular complexity index is 784. The smallest absolute Gasteiger partial charge is 0.338 e. The van der Waals surface area contributed by atoms with Crippen molar-refractivity contribution in [3.05, 3.63) is 59.7 Å². The van der Waals surface area contributed by atoms with E-state index in [0.29, 0.717) is 36.8 Å². The maximum absolute atomic E-state index is 12.2. The number of carbonyl (C=O) groups is 2. The first kappa shape index (κ1) is 22.3. The van der Waals surface area contributed by atoms with Crippen LogP contribution in [0.2, 0.25) is 0 Å². The lowest BCUT2D eigenvalue weighted by Crippen LogP contribution is -2.36. The Morgan fingerprint density at radius 3 is 2.14 bits per heavy atom. The van der Waals surface area contributed by atoms with Gasteiger partial charge in [-0.2, -0.15) is 0 Å². The molecule has 1 amide bonds. The largest absolute Gasteiger partial charge is 0.497 e. The van der Waals surface area contributed by atoms with Gasteiger partial charge in [-0.1, -0.05) is 26.0 Å². The minimum atomic E-state index is -0.879. The third-order valence-corrected chi connectivity index (χ3v) is 4.20. The fraction of sp³-hybridized carbons (Fsp3) is 0.391. The Kier molecular flexibility index (Phi) is 8.52. The Balaban J connectivity index is 1.76. The average Bonchev–Trinajstić information content (AvgIpc) is 2.72. The number of esters is 1. The lowest BCUT2D eigenvalue weighted by Gasteiger charge is -2.14. The highest BCUT2D eigenvalue weighted by Gasteiger charge is 2.18. The summed E-state index contributed by atoms with van der Waals surface area (Å²) >= 11 is 0. The molecular formula is C23H29NO5. The zero-order valence-electron chi connectivity index (χ0n) is 17.4. The Morgan fingerprint density at radius 2 is 1.55 bits per heavy atom. The number of hydrogen-bond acceptors (Lipinski definition) is 5. The van der Waals surface area contributed by atoms with Gasteiger partial charge in [0.1, 0.15) is 11.5 Å². The van der Waals surface area contributed by atoms with E-state index in [1.807, 2.05) is 24.3 Å². The van der Waals surface area contributed by atoms with Gasteiger partial charge in [0, 0.05) is 6.54 Å². The number of amides is 1. The summed E-state index contributed by atoms with van der Waals surface area (Å²) in [6.07, 6.45) is -0.205. The van der Waals surface area contributed by atoms with Gasteiger partial charge in [-0.25, -0.2) is 4.79 Å².